The lowest BCUT2D eigenvalue weighted by Crippen LogP contribution is -2.22. The lowest BCUT2D eigenvalue weighted by molar-refractivity contribution is 0.811. The fourth-order valence-corrected chi connectivity index (χ4v) is 3.19. The molecule has 114 valence electrons. The van der Waals surface area contributed by atoms with Crippen molar-refractivity contribution in [2.45, 2.75) is 20.4 Å². The van der Waals surface area contributed by atoms with Crippen molar-refractivity contribution in [2.24, 2.45) is 0 Å². The van der Waals surface area contributed by atoms with Gasteiger partial charge in [0.05, 0.1) is 17.3 Å². The summed E-state index contributed by atoms with van der Waals surface area (Å²) in [6.07, 6.45) is 1.88. The number of imidazole rings is 1. The predicted molar refractivity (Wildman–Crippen MR) is 95.8 cm³/mol. The number of aromatic nitrogens is 2. The van der Waals surface area contributed by atoms with Gasteiger partial charge in [0, 0.05) is 18.4 Å². The molecule has 0 aliphatic carbocycles. The van der Waals surface area contributed by atoms with Gasteiger partial charge >= 0.3 is 0 Å². The van der Waals surface area contributed by atoms with Crippen LogP contribution >= 0.6 is 27.5 Å². The van der Waals surface area contributed by atoms with Gasteiger partial charge in [-0.25, -0.2) is 4.98 Å². The first-order chi connectivity index (χ1) is 10.6. The largest absolute Gasteiger partial charge is 0.366 e. The smallest absolute Gasteiger partial charge is 0.138 e. The van der Waals surface area contributed by atoms with Crippen LogP contribution in [0.4, 0.5) is 5.69 Å². The number of hydrogen-bond donors (Lipinski definition) is 0. The van der Waals surface area contributed by atoms with Gasteiger partial charge in [0.1, 0.15) is 10.3 Å². The molecule has 3 rings (SSSR count). The molecule has 0 aliphatic heterocycles. The first-order valence-electron chi connectivity index (χ1n) is 7.22. The Bertz CT molecular complexity index is 813. The number of fused-ring (bicyclic) bond motifs is 1. The molecule has 2 aromatic heterocycles. The molecule has 0 radical (unpaired) electrons. The Hall–Kier alpha value is -1.52. The molecule has 0 fully saturated rings. The summed E-state index contributed by atoms with van der Waals surface area (Å²) in [4.78, 5) is 7.01. The first-order valence-corrected chi connectivity index (χ1v) is 8.39. The van der Waals surface area contributed by atoms with Crippen molar-refractivity contribution in [3.8, 4) is 0 Å². The number of pyridine rings is 1. The average Bonchev–Trinajstić information content (AvgIpc) is 2.81. The molecule has 0 spiro atoms. The molecule has 0 saturated carbocycles. The van der Waals surface area contributed by atoms with Gasteiger partial charge in [-0.3, -0.25) is 4.40 Å². The van der Waals surface area contributed by atoms with E-state index >= 15 is 0 Å². The second kappa shape index (κ2) is 6.31. The molecule has 0 aliphatic rings. The minimum Gasteiger partial charge on any atom is -0.366 e. The van der Waals surface area contributed by atoms with Gasteiger partial charge in [-0.2, -0.15) is 0 Å². The maximum Gasteiger partial charge on any atom is 0.138 e. The Balaban J connectivity index is 1.95. The highest BCUT2D eigenvalue weighted by atomic mass is 79.9. The van der Waals surface area contributed by atoms with Crippen LogP contribution < -0.4 is 4.90 Å². The van der Waals surface area contributed by atoms with Crippen molar-refractivity contribution in [2.75, 3.05) is 11.4 Å². The van der Waals surface area contributed by atoms with E-state index in [1.165, 1.54) is 11.3 Å². The first kappa shape index (κ1) is 15.4. The molecule has 0 bridgehead atoms. The van der Waals surface area contributed by atoms with Crippen molar-refractivity contribution in [3.05, 3.63) is 63.5 Å². The Morgan fingerprint density at radius 1 is 1.27 bits per heavy atom. The number of benzene rings is 1. The second-order valence-electron chi connectivity index (χ2n) is 5.28. The van der Waals surface area contributed by atoms with E-state index in [0.29, 0.717) is 5.02 Å². The number of nitrogens with zero attached hydrogens (tertiary/aromatic N) is 3. The Labute approximate surface area is 143 Å². The van der Waals surface area contributed by atoms with Crippen molar-refractivity contribution in [1.82, 2.24) is 9.38 Å². The molecule has 3 aromatic rings. The van der Waals surface area contributed by atoms with Gasteiger partial charge in [0.25, 0.3) is 0 Å². The summed E-state index contributed by atoms with van der Waals surface area (Å²) < 4.78 is 2.93. The molecule has 0 atom stereocenters. The number of aryl methyl sites for hydroxylation is 1. The van der Waals surface area contributed by atoms with Crippen LogP contribution in [-0.4, -0.2) is 15.9 Å². The molecular weight excluding hydrogens is 362 g/mol. The summed E-state index contributed by atoms with van der Waals surface area (Å²) >= 11 is 9.71. The summed E-state index contributed by atoms with van der Waals surface area (Å²) in [5.41, 5.74) is 4.37. The number of hydrogen-bond acceptors (Lipinski definition) is 2. The summed E-state index contributed by atoms with van der Waals surface area (Å²) in [6, 6.07) is 12.3. The van der Waals surface area contributed by atoms with E-state index in [1.54, 1.807) is 0 Å². The molecule has 22 heavy (non-hydrogen) atoms. The van der Waals surface area contributed by atoms with Crippen molar-refractivity contribution >= 4 is 38.9 Å². The Kier molecular flexibility index (Phi) is 4.41. The van der Waals surface area contributed by atoms with Gasteiger partial charge in [-0.1, -0.05) is 23.7 Å². The number of anilines is 1. The summed E-state index contributed by atoms with van der Waals surface area (Å²) in [5.74, 6) is 0. The fourth-order valence-electron chi connectivity index (χ4n) is 2.53. The molecule has 0 saturated heterocycles. The monoisotopic (exact) mass is 377 g/mol. The Morgan fingerprint density at radius 2 is 2.09 bits per heavy atom. The van der Waals surface area contributed by atoms with Gasteiger partial charge < -0.3 is 4.90 Å². The van der Waals surface area contributed by atoms with Crippen LogP contribution in [0.3, 0.4) is 0 Å². The zero-order chi connectivity index (χ0) is 15.7. The molecule has 2 heterocycles. The van der Waals surface area contributed by atoms with E-state index in [1.807, 2.05) is 22.7 Å². The summed E-state index contributed by atoms with van der Waals surface area (Å²) in [7, 11) is 0. The quantitative estimate of drug-likeness (QED) is 0.630. The predicted octanol–water partition coefficient (Wildman–Crippen LogP) is 5.09. The molecule has 1 aromatic carbocycles. The van der Waals surface area contributed by atoms with E-state index in [9.17, 15) is 0 Å². The standard InChI is InChI=1S/C17H17BrClN3/c1-3-21(14-6-4-5-12(2)9-14)11-15-17(18)22-10-13(19)7-8-16(22)20-15/h4-10H,3,11H2,1-2H3. The van der Waals surface area contributed by atoms with Crippen molar-refractivity contribution in [1.29, 1.82) is 0 Å². The molecule has 0 unspecified atom stereocenters. The van der Waals surface area contributed by atoms with E-state index < -0.39 is 0 Å². The third kappa shape index (κ3) is 2.99. The molecule has 0 N–H and O–H groups in total. The highest BCUT2D eigenvalue weighted by Crippen LogP contribution is 2.25. The zero-order valence-electron chi connectivity index (χ0n) is 12.6. The minimum atomic E-state index is 0.697. The highest BCUT2D eigenvalue weighted by Gasteiger charge is 2.14. The van der Waals surface area contributed by atoms with Crippen molar-refractivity contribution in [3.63, 3.8) is 0 Å². The third-order valence-electron chi connectivity index (χ3n) is 3.68. The van der Waals surface area contributed by atoms with Gasteiger partial charge in [0.15, 0.2) is 0 Å². The molecule has 3 nitrogen and oxygen atoms in total. The van der Waals surface area contributed by atoms with Crippen LogP contribution in [0.1, 0.15) is 18.2 Å². The summed E-state index contributed by atoms with van der Waals surface area (Å²) in [5, 5.41) is 0.697. The lowest BCUT2D eigenvalue weighted by atomic mass is 10.2. The van der Waals surface area contributed by atoms with Gasteiger partial charge in [-0.15, -0.1) is 0 Å². The maximum absolute atomic E-state index is 6.07. The van der Waals surface area contributed by atoms with Crippen LogP contribution in [0.15, 0.2) is 47.2 Å². The topological polar surface area (TPSA) is 20.5 Å². The van der Waals surface area contributed by atoms with Crippen LogP contribution in [0.25, 0.3) is 5.65 Å². The summed E-state index contributed by atoms with van der Waals surface area (Å²) in [6.45, 7) is 5.94. The second-order valence-corrected chi connectivity index (χ2v) is 6.47. The van der Waals surface area contributed by atoms with Gasteiger partial charge in [-0.05, 0) is 59.6 Å². The highest BCUT2D eigenvalue weighted by molar-refractivity contribution is 9.10. The van der Waals surface area contributed by atoms with Gasteiger partial charge in [0.2, 0.25) is 0 Å². The van der Waals surface area contributed by atoms with Crippen LogP contribution in [0.2, 0.25) is 5.02 Å². The molecule has 0 amide bonds. The van der Waals surface area contributed by atoms with E-state index in [2.05, 4.69) is 58.9 Å². The normalized spacial score (nSPS) is 11.1. The number of halogens is 2. The lowest BCUT2D eigenvalue weighted by Gasteiger charge is -2.22. The third-order valence-corrected chi connectivity index (χ3v) is 4.74. The van der Waals surface area contributed by atoms with E-state index in [4.69, 9.17) is 16.6 Å². The minimum absolute atomic E-state index is 0.697. The average molecular weight is 379 g/mol. The van der Waals surface area contributed by atoms with Crippen LogP contribution in [0.5, 0.6) is 0 Å². The maximum atomic E-state index is 6.07. The Morgan fingerprint density at radius 3 is 2.82 bits per heavy atom. The van der Waals surface area contributed by atoms with Crippen LogP contribution in [-0.2, 0) is 6.54 Å². The van der Waals surface area contributed by atoms with Crippen LogP contribution in [0, 0.1) is 6.92 Å². The fraction of sp³-hybridized carbons (Fsp3) is 0.235. The SMILES string of the molecule is CCN(Cc1nc2ccc(Cl)cn2c1Br)c1cccc(C)c1. The zero-order valence-corrected chi connectivity index (χ0v) is 14.9. The molecule has 5 heteroatoms. The van der Waals surface area contributed by atoms with E-state index in [-0.39, 0.29) is 0 Å². The number of rotatable bonds is 4. The molecular formula is C17H17BrClN3. The van der Waals surface area contributed by atoms with E-state index in [0.717, 1.165) is 29.0 Å². The van der Waals surface area contributed by atoms with Crippen molar-refractivity contribution < 1.29 is 0 Å².